The molecule has 15 heavy (non-hydrogen) atoms. The van der Waals surface area contributed by atoms with E-state index in [0.29, 0.717) is 16.7 Å². The first-order valence-electron chi connectivity index (χ1n) is 4.45. The molecule has 0 spiro atoms. The van der Waals surface area contributed by atoms with Crippen LogP contribution in [0.5, 0.6) is 5.88 Å². The molecule has 0 amide bonds. The number of nitrogens with zero attached hydrogens (tertiary/aromatic N) is 2. The summed E-state index contributed by atoms with van der Waals surface area (Å²) in [5.41, 5.74) is 6.23. The number of halogens is 1. The number of methoxy groups -OCH3 is 1. The van der Waals surface area contributed by atoms with E-state index in [1.54, 1.807) is 19.2 Å². The summed E-state index contributed by atoms with van der Waals surface area (Å²) in [6.07, 6.45) is 0. The predicted molar refractivity (Wildman–Crippen MR) is 59.0 cm³/mol. The first-order chi connectivity index (χ1) is 7.24. The van der Waals surface area contributed by atoms with Gasteiger partial charge in [-0.15, -0.1) is 0 Å². The molecule has 78 valence electrons. The highest BCUT2D eigenvalue weighted by Crippen LogP contribution is 2.24. The van der Waals surface area contributed by atoms with E-state index in [0.717, 1.165) is 10.9 Å². The maximum Gasteiger partial charge on any atom is 0.224 e. The van der Waals surface area contributed by atoms with Gasteiger partial charge in [-0.3, -0.25) is 0 Å². The second-order valence-electron chi connectivity index (χ2n) is 3.01. The summed E-state index contributed by atoms with van der Waals surface area (Å²) in [7, 11) is 1.57. The van der Waals surface area contributed by atoms with Gasteiger partial charge in [0.15, 0.2) is 0 Å². The van der Waals surface area contributed by atoms with Gasteiger partial charge in [-0.1, -0.05) is 11.6 Å². The Kier molecular flexibility index (Phi) is 2.70. The molecule has 1 aromatic heterocycles. The van der Waals surface area contributed by atoms with E-state index < -0.39 is 0 Å². The molecule has 0 saturated carbocycles. The van der Waals surface area contributed by atoms with Crippen molar-refractivity contribution in [1.29, 1.82) is 0 Å². The topological polar surface area (TPSA) is 61.0 Å². The fourth-order valence-corrected chi connectivity index (χ4v) is 1.53. The molecule has 0 fully saturated rings. The van der Waals surface area contributed by atoms with Crippen LogP contribution in [0.3, 0.4) is 0 Å². The van der Waals surface area contributed by atoms with Crippen LogP contribution in [0.15, 0.2) is 18.2 Å². The van der Waals surface area contributed by atoms with Crippen molar-refractivity contribution in [3.05, 3.63) is 29.0 Å². The van der Waals surface area contributed by atoms with Crippen LogP contribution in [0.1, 0.15) is 5.82 Å². The Hall–Kier alpha value is -1.39. The van der Waals surface area contributed by atoms with Crippen LogP contribution < -0.4 is 10.5 Å². The lowest BCUT2D eigenvalue weighted by Crippen LogP contribution is -2.04. The lowest BCUT2D eigenvalue weighted by atomic mass is 10.2. The molecule has 0 bridgehead atoms. The number of hydrogen-bond acceptors (Lipinski definition) is 4. The zero-order valence-corrected chi connectivity index (χ0v) is 8.95. The third-order valence-corrected chi connectivity index (χ3v) is 2.28. The summed E-state index contributed by atoms with van der Waals surface area (Å²) >= 11 is 5.88. The Balaban J connectivity index is 2.74. The number of nitrogens with two attached hydrogens (primary N) is 1. The molecular weight excluding hydrogens is 214 g/mol. The fraction of sp³-hybridized carbons (Fsp3) is 0.200. The average molecular weight is 224 g/mol. The maximum absolute atomic E-state index is 5.88. The number of hydrogen-bond donors (Lipinski definition) is 1. The molecule has 4 nitrogen and oxygen atoms in total. The molecule has 0 atom stereocenters. The largest absolute Gasteiger partial charge is 0.480 e. The third kappa shape index (κ3) is 1.86. The number of fused-ring (bicyclic) bond motifs is 1. The van der Waals surface area contributed by atoms with Crippen LogP contribution in [0, 0.1) is 0 Å². The van der Waals surface area contributed by atoms with Crippen molar-refractivity contribution in [2.24, 2.45) is 5.73 Å². The van der Waals surface area contributed by atoms with Gasteiger partial charge in [0.25, 0.3) is 0 Å². The maximum atomic E-state index is 5.88. The Bertz CT molecular complexity index is 501. The van der Waals surface area contributed by atoms with E-state index in [-0.39, 0.29) is 6.54 Å². The van der Waals surface area contributed by atoms with Gasteiger partial charge in [-0.05, 0) is 18.2 Å². The Labute approximate surface area is 92.0 Å². The van der Waals surface area contributed by atoms with Crippen molar-refractivity contribution in [3.8, 4) is 5.88 Å². The molecule has 5 heteroatoms. The summed E-state index contributed by atoms with van der Waals surface area (Å²) < 4.78 is 5.16. The lowest BCUT2D eigenvalue weighted by molar-refractivity contribution is 0.401. The molecular formula is C10H10ClN3O. The highest BCUT2D eigenvalue weighted by Gasteiger charge is 2.07. The summed E-state index contributed by atoms with van der Waals surface area (Å²) in [5.74, 6) is 1.07. The van der Waals surface area contributed by atoms with Crippen LogP contribution >= 0.6 is 11.6 Å². The van der Waals surface area contributed by atoms with E-state index in [1.165, 1.54) is 0 Å². The Morgan fingerprint density at radius 2 is 2.20 bits per heavy atom. The standard InChI is InChI=1S/C10H10ClN3O/c1-15-10-7-3-2-6(11)4-8(7)13-9(5-12)14-10/h2-4H,5,12H2,1H3. The van der Waals surface area contributed by atoms with Crippen molar-refractivity contribution in [1.82, 2.24) is 9.97 Å². The summed E-state index contributed by atoms with van der Waals surface area (Å²) in [4.78, 5) is 8.43. The molecule has 1 heterocycles. The zero-order chi connectivity index (χ0) is 10.8. The third-order valence-electron chi connectivity index (χ3n) is 2.05. The molecule has 1 aromatic carbocycles. The highest BCUT2D eigenvalue weighted by molar-refractivity contribution is 6.31. The quantitative estimate of drug-likeness (QED) is 0.843. The Morgan fingerprint density at radius 3 is 2.87 bits per heavy atom. The number of ether oxygens (including phenoxy) is 1. The normalized spacial score (nSPS) is 10.6. The highest BCUT2D eigenvalue weighted by atomic mass is 35.5. The van der Waals surface area contributed by atoms with Crippen LogP contribution in [-0.2, 0) is 6.54 Å². The van der Waals surface area contributed by atoms with Gasteiger partial charge < -0.3 is 10.5 Å². The van der Waals surface area contributed by atoms with Gasteiger partial charge >= 0.3 is 0 Å². The van der Waals surface area contributed by atoms with Gasteiger partial charge in [0.2, 0.25) is 5.88 Å². The second-order valence-corrected chi connectivity index (χ2v) is 3.45. The smallest absolute Gasteiger partial charge is 0.224 e. The summed E-state index contributed by atoms with van der Waals surface area (Å²) in [6, 6.07) is 5.37. The number of aromatic nitrogens is 2. The molecule has 2 aromatic rings. The van der Waals surface area contributed by atoms with Crippen LogP contribution in [0.2, 0.25) is 5.02 Å². The van der Waals surface area contributed by atoms with E-state index in [9.17, 15) is 0 Å². The fourth-order valence-electron chi connectivity index (χ4n) is 1.37. The van der Waals surface area contributed by atoms with Gasteiger partial charge in [0.1, 0.15) is 5.82 Å². The van der Waals surface area contributed by atoms with Crippen molar-refractivity contribution in [2.45, 2.75) is 6.54 Å². The van der Waals surface area contributed by atoms with Crippen LogP contribution in [0.4, 0.5) is 0 Å². The first kappa shape index (κ1) is 10.1. The molecule has 0 saturated heterocycles. The van der Waals surface area contributed by atoms with Gasteiger partial charge in [-0.2, -0.15) is 4.98 Å². The Morgan fingerprint density at radius 1 is 1.40 bits per heavy atom. The molecule has 0 radical (unpaired) electrons. The zero-order valence-electron chi connectivity index (χ0n) is 8.20. The molecule has 2 N–H and O–H groups in total. The number of rotatable bonds is 2. The van der Waals surface area contributed by atoms with E-state index in [2.05, 4.69) is 9.97 Å². The molecule has 0 aliphatic rings. The van der Waals surface area contributed by atoms with Gasteiger partial charge in [0.05, 0.1) is 24.6 Å². The summed E-state index contributed by atoms with van der Waals surface area (Å²) in [5, 5.41) is 1.46. The summed E-state index contributed by atoms with van der Waals surface area (Å²) in [6.45, 7) is 0.277. The average Bonchev–Trinajstić information content (AvgIpc) is 2.26. The molecule has 2 rings (SSSR count). The minimum Gasteiger partial charge on any atom is -0.480 e. The van der Waals surface area contributed by atoms with E-state index in [4.69, 9.17) is 22.1 Å². The second kappa shape index (κ2) is 4.00. The van der Waals surface area contributed by atoms with Crippen molar-refractivity contribution in [2.75, 3.05) is 7.11 Å². The first-order valence-corrected chi connectivity index (χ1v) is 4.82. The van der Waals surface area contributed by atoms with Crippen molar-refractivity contribution in [3.63, 3.8) is 0 Å². The molecule has 0 aliphatic carbocycles. The van der Waals surface area contributed by atoms with Gasteiger partial charge in [-0.25, -0.2) is 4.98 Å². The van der Waals surface area contributed by atoms with E-state index >= 15 is 0 Å². The minimum atomic E-state index is 0.277. The monoisotopic (exact) mass is 223 g/mol. The van der Waals surface area contributed by atoms with Crippen molar-refractivity contribution >= 4 is 22.5 Å². The number of benzene rings is 1. The van der Waals surface area contributed by atoms with Crippen LogP contribution in [0.25, 0.3) is 10.9 Å². The van der Waals surface area contributed by atoms with Crippen molar-refractivity contribution < 1.29 is 4.74 Å². The van der Waals surface area contributed by atoms with Crippen LogP contribution in [-0.4, -0.2) is 17.1 Å². The lowest BCUT2D eigenvalue weighted by Gasteiger charge is -2.06. The van der Waals surface area contributed by atoms with E-state index in [1.807, 2.05) is 6.07 Å². The molecule has 0 aliphatic heterocycles. The molecule has 0 unspecified atom stereocenters. The van der Waals surface area contributed by atoms with Gasteiger partial charge in [0, 0.05) is 5.02 Å². The SMILES string of the molecule is COc1nc(CN)nc2cc(Cl)ccc12. The minimum absolute atomic E-state index is 0.277. The predicted octanol–water partition coefficient (Wildman–Crippen LogP) is 1.75.